The van der Waals surface area contributed by atoms with Crippen LogP contribution in [0.25, 0.3) is 5.69 Å². The molecule has 0 radical (unpaired) electrons. The molecule has 1 aromatic carbocycles. The number of benzene rings is 1. The molecule has 0 bridgehead atoms. The Hall–Kier alpha value is -2.28. The molecule has 1 amide bonds. The Morgan fingerprint density at radius 3 is 2.83 bits per heavy atom. The van der Waals surface area contributed by atoms with E-state index < -0.39 is 0 Å². The van der Waals surface area contributed by atoms with E-state index in [9.17, 15) is 9.18 Å². The smallest absolute Gasteiger partial charge is 0.276 e. The van der Waals surface area contributed by atoms with Crippen molar-refractivity contribution in [3.63, 3.8) is 0 Å². The number of carbonyl (C=O) groups is 1. The Balaban J connectivity index is 1.80. The lowest BCUT2D eigenvalue weighted by Gasteiger charge is -2.32. The predicted octanol–water partition coefficient (Wildman–Crippen LogP) is 2.36. The Bertz CT molecular complexity index is 712. The average molecular weight is 332 g/mol. The van der Waals surface area contributed by atoms with E-state index in [1.165, 1.54) is 12.1 Å². The summed E-state index contributed by atoms with van der Waals surface area (Å²) < 4.78 is 20.3. The molecule has 3 rings (SSSR count). The Morgan fingerprint density at radius 1 is 1.38 bits per heavy atom. The van der Waals surface area contributed by atoms with Crippen LogP contribution < -0.4 is 0 Å². The molecule has 7 heteroatoms. The van der Waals surface area contributed by atoms with Crippen LogP contribution in [0.4, 0.5) is 4.39 Å². The topological polar surface area (TPSA) is 60.2 Å². The van der Waals surface area contributed by atoms with Gasteiger partial charge in [0.1, 0.15) is 5.82 Å². The van der Waals surface area contributed by atoms with Gasteiger partial charge in [-0.3, -0.25) is 4.79 Å². The number of aromatic nitrogens is 3. The van der Waals surface area contributed by atoms with E-state index in [4.69, 9.17) is 4.74 Å². The lowest BCUT2D eigenvalue weighted by molar-refractivity contribution is 0.00700. The Morgan fingerprint density at radius 2 is 2.12 bits per heavy atom. The number of likely N-dealkylation sites (tertiary alicyclic amines) is 1. The van der Waals surface area contributed by atoms with Crippen molar-refractivity contribution in [1.29, 1.82) is 0 Å². The van der Waals surface area contributed by atoms with Gasteiger partial charge in [-0.1, -0.05) is 5.21 Å². The monoisotopic (exact) mass is 332 g/mol. The third-order valence-electron chi connectivity index (χ3n) is 4.24. The molecule has 1 atom stereocenters. The fraction of sp³-hybridized carbons (Fsp3) is 0.471. The molecule has 128 valence electrons. The summed E-state index contributed by atoms with van der Waals surface area (Å²) in [4.78, 5) is 14.5. The SMILES string of the molecule is CCO[C@@H]1CCCN(C(=O)c2nnn(-c3ccc(F)cc3)c2C)C1. The maximum Gasteiger partial charge on any atom is 0.276 e. The molecule has 1 aromatic heterocycles. The van der Waals surface area contributed by atoms with Gasteiger partial charge in [0, 0.05) is 19.7 Å². The first-order valence-electron chi connectivity index (χ1n) is 8.19. The molecular weight excluding hydrogens is 311 g/mol. The molecule has 2 aromatic rings. The van der Waals surface area contributed by atoms with Crippen molar-refractivity contribution in [2.45, 2.75) is 32.8 Å². The summed E-state index contributed by atoms with van der Waals surface area (Å²) in [6.45, 7) is 5.67. The highest BCUT2D eigenvalue weighted by Crippen LogP contribution is 2.18. The predicted molar refractivity (Wildman–Crippen MR) is 86.6 cm³/mol. The summed E-state index contributed by atoms with van der Waals surface area (Å²) in [6.07, 6.45) is 1.97. The number of nitrogens with zero attached hydrogens (tertiary/aromatic N) is 4. The quantitative estimate of drug-likeness (QED) is 0.862. The maximum atomic E-state index is 13.1. The Labute approximate surface area is 140 Å². The lowest BCUT2D eigenvalue weighted by Crippen LogP contribution is -2.43. The van der Waals surface area contributed by atoms with Crippen LogP contribution in [0.5, 0.6) is 0 Å². The first kappa shape index (κ1) is 16.6. The van der Waals surface area contributed by atoms with Crippen LogP contribution >= 0.6 is 0 Å². The van der Waals surface area contributed by atoms with Gasteiger partial charge in [-0.15, -0.1) is 5.10 Å². The van der Waals surface area contributed by atoms with Crippen LogP contribution in [0.3, 0.4) is 0 Å². The van der Waals surface area contributed by atoms with E-state index in [0.717, 1.165) is 12.8 Å². The number of amides is 1. The van der Waals surface area contributed by atoms with E-state index in [2.05, 4.69) is 10.3 Å². The van der Waals surface area contributed by atoms with Crippen molar-refractivity contribution in [2.75, 3.05) is 19.7 Å². The van der Waals surface area contributed by atoms with E-state index in [1.54, 1.807) is 28.6 Å². The summed E-state index contributed by atoms with van der Waals surface area (Å²) in [6, 6.07) is 5.93. The summed E-state index contributed by atoms with van der Waals surface area (Å²) >= 11 is 0. The molecular formula is C17H21FN4O2. The van der Waals surface area contributed by atoms with Gasteiger partial charge in [-0.25, -0.2) is 9.07 Å². The van der Waals surface area contributed by atoms with Crippen LogP contribution in [-0.2, 0) is 4.74 Å². The molecule has 0 saturated carbocycles. The van der Waals surface area contributed by atoms with Gasteiger partial charge in [-0.2, -0.15) is 0 Å². The zero-order chi connectivity index (χ0) is 17.1. The molecule has 0 aliphatic carbocycles. The maximum absolute atomic E-state index is 13.1. The van der Waals surface area contributed by atoms with Crippen molar-refractivity contribution < 1.29 is 13.9 Å². The normalized spacial score (nSPS) is 18.0. The van der Waals surface area contributed by atoms with Crippen molar-refractivity contribution in [3.05, 3.63) is 41.5 Å². The molecule has 24 heavy (non-hydrogen) atoms. The highest BCUT2D eigenvalue weighted by atomic mass is 19.1. The second-order valence-corrected chi connectivity index (χ2v) is 5.88. The number of ether oxygens (including phenoxy) is 1. The molecule has 1 aliphatic heterocycles. The summed E-state index contributed by atoms with van der Waals surface area (Å²) in [5.74, 6) is -0.451. The second-order valence-electron chi connectivity index (χ2n) is 5.88. The first-order valence-corrected chi connectivity index (χ1v) is 8.19. The molecule has 0 spiro atoms. The van der Waals surface area contributed by atoms with Crippen LogP contribution in [0.15, 0.2) is 24.3 Å². The van der Waals surface area contributed by atoms with Crippen LogP contribution in [0.2, 0.25) is 0 Å². The summed E-state index contributed by atoms with van der Waals surface area (Å²) in [5.41, 5.74) is 1.65. The lowest BCUT2D eigenvalue weighted by atomic mass is 10.1. The van der Waals surface area contributed by atoms with Gasteiger partial charge >= 0.3 is 0 Å². The number of hydrogen-bond donors (Lipinski definition) is 0. The van der Waals surface area contributed by atoms with Crippen LogP contribution in [-0.4, -0.2) is 51.6 Å². The first-order chi connectivity index (χ1) is 11.6. The fourth-order valence-electron chi connectivity index (χ4n) is 3.00. The number of carbonyl (C=O) groups excluding carboxylic acids is 1. The molecule has 1 saturated heterocycles. The molecule has 1 aliphatic rings. The summed E-state index contributed by atoms with van der Waals surface area (Å²) in [7, 11) is 0. The van der Waals surface area contributed by atoms with Gasteiger partial charge in [0.15, 0.2) is 5.69 Å². The minimum atomic E-state index is -0.317. The van der Waals surface area contributed by atoms with Gasteiger partial charge in [0.2, 0.25) is 0 Å². The van der Waals surface area contributed by atoms with Crippen molar-refractivity contribution in [1.82, 2.24) is 19.9 Å². The summed E-state index contributed by atoms with van der Waals surface area (Å²) in [5, 5.41) is 8.10. The third kappa shape index (κ3) is 3.31. The Kier molecular flexibility index (Phi) is 4.89. The van der Waals surface area contributed by atoms with E-state index in [0.29, 0.717) is 36.8 Å². The molecule has 1 fully saturated rings. The van der Waals surface area contributed by atoms with Gasteiger partial charge < -0.3 is 9.64 Å². The van der Waals surface area contributed by atoms with E-state index >= 15 is 0 Å². The van der Waals surface area contributed by atoms with Crippen molar-refractivity contribution in [3.8, 4) is 5.69 Å². The fourth-order valence-corrected chi connectivity index (χ4v) is 3.00. The third-order valence-corrected chi connectivity index (χ3v) is 4.24. The van der Waals surface area contributed by atoms with Crippen molar-refractivity contribution in [2.24, 2.45) is 0 Å². The number of piperidine rings is 1. The van der Waals surface area contributed by atoms with E-state index in [1.807, 2.05) is 6.92 Å². The van der Waals surface area contributed by atoms with E-state index in [-0.39, 0.29) is 17.8 Å². The minimum Gasteiger partial charge on any atom is -0.377 e. The zero-order valence-corrected chi connectivity index (χ0v) is 13.9. The van der Waals surface area contributed by atoms with Gasteiger partial charge in [0.05, 0.1) is 17.5 Å². The zero-order valence-electron chi connectivity index (χ0n) is 13.9. The molecule has 2 heterocycles. The standard InChI is InChI=1S/C17H21FN4O2/c1-3-24-15-5-4-10-21(11-15)17(23)16-12(2)22(20-19-16)14-8-6-13(18)7-9-14/h6-9,15H,3-5,10-11H2,1-2H3/t15-/m1/s1. The largest absolute Gasteiger partial charge is 0.377 e. The minimum absolute atomic E-state index is 0.0835. The average Bonchev–Trinajstić information content (AvgIpc) is 2.97. The number of hydrogen-bond acceptors (Lipinski definition) is 4. The van der Waals surface area contributed by atoms with Crippen molar-refractivity contribution >= 4 is 5.91 Å². The van der Waals surface area contributed by atoms with Gasteiger partial charge in [0.25, 0.3) is 5.91 Å². The molecule has 0 N–H and O–H groups in total. The number of rotatable bonds is 4. The second kappa shape index (κ2) is 7.09. The highest BCUT2D eigenvalue weighted by molar-refractivity contribution is 5.93. The number of halogens is 1. The molecule has 0 unspecified atom stereocenters. The van der Waals surface area contributed by atoms with Crippen LogP contribution in [0.1, 0.15) is 35.9 Å². The highest BCUT2D eigenvalue weighted by Gasteiger charge is 2.28. The van der Waals surface area contributed by atoms with Crippen LogP contribution in [0, 0.1) is 12.7 Å². The molecule has 6 nitrogen and oxygen atoms in total. The van der Waals surface area contributed by atoms with Gasteiger partial charge in [-0.05, 0) is 51.0 Å².